The molecule has 0 unspecified atom stereocenters. The Morgan fingerprint density at radius 1 is 0.889 bits per heavy atom. The SMILES string of the molecule is CCN(C(=O)CCN(C(C)=O)c1ccc(C(F)(F)F)cc1)c1ccccc1. The Morgan fingerprint density at radius 2 is 1.44 bits per heavy atom. The van der Waals surface area contributed by atoms with E-state index in [1.165, 1.54) is 24.0 Å². The number of para-hydroxylation sites is 1. The van der Waals surface area contributed by atoms with E-state index < -0.39 is 11.7 Å². The molecule has 0 fully saturated rings. The Kier molecular flexibility index (Phi) is 6.60. The van der Waals surface area contributed by atoms with Crippen molar-refractivity contribution in [1.29, 1.82) is 0 Å². The van der Waals surface area contributed by atoms with Crippen molar-refractivity contribution < 1.29 is 22.8 Å². The van der Waals surface area contributed by atoms with E-state index >= 15 is 0 Å². The van der Waals surface area contributed by atoms with E-state index in [1.54, 1.807) is 4.90 Å². The van der Waals surface area contributed by atoms with Gasteiger partial charge in [0.1, 0.15) is 0 Å². The third-order valence-corrected chi connectivity index (χ3v) is 4.12. The maximum absolute atomic E-state index is 12.7. The molecule has 4 nitrogen and oxygen atoms in total. The standard InChI is InChI=1S/C20H21F3N2O2/c1-3-24(17-7-5-4-6-8-17)19(27)13-14-25(15(2)26)18-11-9-16(10-12-18)20(21,22)23/h4-12H,3,13-14H2,1-2H3. The molecule has 2 rings (SSSR count). The number of amides is 2. The molecule has 2 aromatic rings. The Labute approximate surface area is 156 Å². The summed E-state index contributed by atoms with van der Waals surface area (Å²) in [7, 11) is 0. The molecule has 0 aliphatic heterocycles. The molecule has 144 valence electrons. The third-order valence-electron chi connectivity index (χ3n) is 4.12. The highest BCUT2D eigenvalue weighted by atomic mass is 19.4. The molecule has 0 aliphatic carbocycles. The minimum atomic E-state index is -4.44. The van der Waals surface area contributed by atoms with E-state index in [2.05, 4.69) is 0 Å². The fraction of sp³-hybridized carbons (Fsp3) is 0.300. The molecule has 0 atom stereocenters. The zero-order valence-corrected chi connectivity index (χ0v) is 15.2. The number of hydrogen-bond acceptors (Lipinski definition) is 2. The number of benzene rings is 2. The van der Waals surface area contributed by atoms with E-state index in [1.807, 2.05) is 37.3 Å². The second kappa shape index (κ2) is 8.70. The van der Waals surface area contributed by atoms with E-state index in [4.69, 9.17) is 0 Å². The molecule has 0 N–H and O–H groups in total. The lowest BCUT2D eigenvalue weighted by Gasteiger charge is -2.25. The van der Waals surface area contributed by atoms with Gasteiger partial charge in [-0.15, -0.1) is 0 Å². The first kappa shape index (κ1) is 20.5. The van der Waals surface area contributed by atoms with Gasteiger partial charge in [0.15, 0.2) is 0 Å². The third kappa shape index (κ3) is 5.32. The van der Waals surface area contributed by atoms with Crippen LogP contribution >= 0.6 is 0 Å². The van der Waals surface area contributed by atoms with E-state index in [9.17, 15) is 22.8 Å². The molecule has 2 amide bonds. The average Bonchev–Trinajstić information content (AvgIpc) is 2.63. The van der Waals surface area contributed by atoms with Gasteiger partial charge < -0.3 is 9.80 Å². The molecule has 0 saturated carbocycles. The first-order valence-corrected chi connectivity index (χ1v) is 8.54. The lowest BCUT2D eigenvalue weighted by Crippen LogP contribution is -2.36. The number of nitrogens with zero attached hydrogens (tertiary/aromatic N) is 2. The first-order valence-electron chi connectivity index (χ1n) is 8.54. The molecule has 0 aromatic heterocycles. The summed E-state index contributed by atoms with van der Waals surface area (Å²) in [6.07, 6.45) is -4.38. The first-order chi connectivity index (χ1) is 12.7. The van der Waals surface area contributed by atoms with Gasteiger partial charge in [0, 0.05) is 37.8 Å². The lowest BCUT2D eigenvalue weighted by molar-refractivity contribution is -0.137. The van der Waals surface area contributed by atoms with Crippen molar-refractivity contribution in [3.63, 3.8) is 0 Å². The Hall–Kier alpha value is -2.83. The molecule has 0 bridgehead atoms. The van der Waals surface area contributed by atoms with Crippen molar-refractivity contribution in [3.05, 3.63) is 60.2 Å². The summed E-state index contributed by atoms with van der Waals surface area (Å²) in [4.78, 5) is 27.4. The largest absolute Gasteiger partial charge is 0.416 e. The van der Waals surface area contributed by atoms with Gasteiger partial charge in [-0.2, -0.15) is 13.2 Å². The van der Waals surface area contributed by atoms with Crippen molar-refractivity contribution in [2.45, 2.75) is 26.4 Å². The lowest BCUT2D eigenvalue weighted by atomic mass is 10.1. The Bertz CT molecular complexity index is 774. The zero-order chi connectivity index (χ0) is 20.0. The van der Waals surface area contributed by atoms with Crippen LogP contribution in [0.1, 0.15) is 25.8 Å². The Balaban J connectivity index is 2.10. The summed E-state index contributed by atoms with van der Waals surface area (Å²) < 4.78 is 38.1. The van der Waals surface area contributed by atoms with Gasteiger partial charge >= 0.3 is 6.18 Å². The van der Waals surface area contributed by atoms with Gasteiger partial charge in [-0.3, -0.25) is 9.59 Å². The number of anilines is 2. The van der Waals surface area contributed by atoms with Gasteiger partial charge in [0.05, 0.1) is 5.56 Å². The van der Waals surface area contributed by atoms with Crippen LogP contribution in [-0.2, 0) is 15.8 Å². The van der Waals surface area contributed by atoms with Crippen LogP contribution in [-0.4, -0.2) is 24.9 Å². The highest BCUT2D eigenvalue weighted by Crippen LogP contribution is 2.30. The maximum atomic E-state index is 12.7. The van der Waals surface area contributed by atoms with E-state index in [0.717, 1.165) is 17.8 Å². The quantitative estimate of drug-likeness (QED) is 0.743. The van der Waals surface area contributed by atoms with Crippen molar-refractivity contribution >= 4 is 23.2 Å². The molecule has 0 aliphatic rings. The number of alkyl halides is 3. The second-order valence-electron chi connectivity index (χ2n) is 5.94. The predicted molar refractivity (Wildman–Crippen MR) is 98.6 cm³/mol. The molecular formula is C20H21F3N2O2. The van der Waals surface area contributed by atoms with Crippen molar-refractivity contribution in [3.8, 4) is 0 Å². The second-order valence-corrected chi connectivity index (χ2v) is 5.94. The number of carbonyl (C=O) groups is 2. The Morgan fingerprint density at radius 3 is 1.93 bits per heavy atom. The highest BCUT2D eigenvalue weighted by molar-refractivity contribution is 5.96. The predicted octanol–water partition coefficient (Wildman–Crippen LogP) is 4.50. The van der Waals surface area contributed by atoms with Gasteiger partial charge in [-0.05, 0) is 43.3 Å². The topological polar surface area (TPSA) is 40.6 Å². The summed E-state index contributed by atoms with van der Waals surface area (Å²) in [5.74, 6) is -0.507. The molecule has 0 spiro atoms. The van der Waals surface area contributed by atoms with Gasteiger partial charge in [0.25, 0.3) is 0 Å². The van der Waals surface area contributed by atoms with Gasteiger partial charge in [-0.1, -0.05) is 18.2 Å². The fourth-order valence-corrected chi connectivity index (χ4v) is 2.75. The van der Waals surface area contributed by atoms with Gasteiger partial charge in [-0.25, -0.2) is 0 Å². The van der Waals surface area contributed by atoms with Crippen LogP contribution in [0.2, 0.25) is 0 Å². The molecule has 7 heteroatoms. The van der Waals surface area contributed by atoms with Crippen LogP contribution in [0.15, 0.2) is 54.6 Å². The molecule has 0 heterocycles. The van der Waals surface area contributed by atoms with Crippen LogP contribution < -0.4 is 9.80 Å². The summed E-state index contributed by atoms with van der Waals surface area (Å²) in [6.45, 7) is 3.73. The van der Waals surface area contributed by atoms with Crippen molar-refractivity contribution in [2.24, 2.45) is 0 Å². The summed E-state index contributed by atoms with van der Waals surface area (Å²) in [5.41, 5.74) is 0.298. The van der Waals surface area contributed by atoms with Crippen LogP contribution in [0, 0.1) is 0 Å². The monoisotopic (exact) mass is 378 g/mol. The molecule has 0 radical (unpaired) electrons. The van der Waals surface area contributed by atoms with Crippen LogP contribution in [0.4, 0.5) is 24.5 Å². The van der Waals surface area contributed by atoms with Crippen LogP contribution in [0.25, 0.3) is 0 Å². The number of halogens is 3. The van der Waals surface area contributed by atoms with Crippen LogP contribution in [0.5, 0.6) is 0 Å². The normalized spacial score (nSPS) is 11.1. The van der Waals surface area contributed by atoms with Crippen molar-refractivity contribution in [2.75, 3.05) is 22.9 Å². The molecule has 27 heavy (non-hydrogen) atoms. The number of rotatable bonds is 6. The minimum Gasteiger partial charge on any atom is -0.313 e. The van der Waals surface area contributed by atoms with E-state index in [-0.39, 0.29) is 24.8 Å². The smallest absolute Gasteiger partial charge is 0.313 e. The molecule has 0 saturated heterocycles. The van der Waals surface area contributed by atoms with Gasteiger partial charge in [0.2, 0.25) is 11.8 Å². The summed E-state index contributed by atoms with van der Waals surface area (Å²) in [5, 5.41) is 0. The summed E-state index contributed by atoms with van der Waals surface area (Å²) in [6, 6.07) is 13.5. The minimum absolute atomic E-state index is 0.0589. The van der Waals surface area contributed by atoms with Crippen LogP contribution in [0.3, 0.4) is 0 Å². The van der Waals surface area contributed by atoms with E-state index in [0.29, 0.717) is 12.2 Å². The maximum Gasteiger partial charge on any atom is 0.416 e. The number of carbonyl (C=O) groups excluding carboxylic acids is 2. The molecule has 2 aromatic carbocycles. The highest BCUT2D eigenvalue weighted by Gasteiger charge is 2.30. The average molecular weight is 378 g/mol. The summed E-state index contributed by atoms with van der Waals surface area (Å²) >= 11 is 0. The van der Waals surface area contributed by atoms with Crippen molar-refractivity contribution in [1.82, 2.24) is 0 Å². The fourth-order valence-electron chi connectivity index (χ4n) is 2.75. The zero-order valence-electron chi connectivity index (χ0n) is 15.2. The number of hydrogen-bond donors (Lipinski definition) is 0. The molecular weight excluding hydrogens is 357 g/mol.